The van der Waals surface area contributed by atoms with Gasteiger partial charge in [-0.1, -0.05) is 18.2 Å². The molecule has 0 radical (unpaired) electrons. The van der Waals surface area contributed by atoms with Crippen LogP contribution in [0.25, 0.3) is 20.5 Å². The molecule has 3 rings (SSSR count). The zero-order valence-electron chi connectivity index (χ0n) is 11.2. The maximum Gasteiger partial charge on any atom is 0.393 e. The molecule has 1 heterocycles. The smallest absolute Gasteiger partial charge is 0.171 e. The second kappa shape index (κ2) is 5.53. The van der Waals surface area contributed by atoms with E-state index in [0.717, 1.165) is 20.5 Å². The first-order valence-electron chi connectivity index (χ1n) is 6.48. The van der Waals surface area contributed by atoms with E-state index in [-0.39, 0.29) is 5.56 Å². The molecule has 3 aromatic rings. The summed E-state index contributed by atoms with van der Waals surface area (Å²) in [6.45, 7) is 0. The van der Waals surface area contributed by atoms with Crippen molar-refractivity contribution >= 4 is 27.1 Å². The highest BCUT2D eigenvalue weighted by molar-refractivity contribution is 7.22. The van der Waals surface area contributed by atoms with Gasteiger partial charge < -0.3 is 0 Å². The van der Waals surface area contributed by atoms with Gasteiger partial charge in [-0.3, -0.25) is 0 Å². The number of hydrogen-bond donors (Lipinski definition) is 0. The lowest BCUT2D eigenvalue weighted by molar-refractivity contribution is -0.127. The number of nitroso groups, excluding NO2 is 1. The molecule has 6 heteroatoms. The molecule has 0 fully saturated rings. The van der Waals surface area contributed by atoms with Crippen molar-refractivity contribution in [1.82, 2.24) is 0 Å². The number of alkyl halides is 3. The first-order chi connectivity index (χ1) is 10.4. The van der Waals surface area contributed by atoms with E-state index in [1.807, 2.05) is 6.07 Å². The lowest BCUT2D eigenvalue weighted by Gasteiger charge is -2.05. The molecule has 2 aromatic carbocycles. The number of benzene rings is 2. The molecule has 0 aliphatic carbocycles. The minimum Gasteiger partial charge on any atom is -0.171 e. The minimum atomic E-state index is -4.20. The van der Waals surface area contributed by atoms with E-state index in [4.69, 9.17) is 0 Å². The molecule has 1 aromatic heterocycles. The highest BCUT2D eigenvalue weighted by atomic mass is 32.1. The number of nitrogens with zero attached hydrogens (tertiary/aromatic N) is 1. The molecular formula is C16H10F3NOS. The van der Waals surface area contributed by atoms with Gasteiger partial charge in [0.1, 0.15) is 5.69 Å². The van der Waals surface area contributed by atoms with Gasteiger partial charge in [-0.05, 0) is 52.0 Å². The predicted octanol–water partition coefficient (Wildman–Crippen LogP) is 6.07. The van der Waals surface area contributed by atoms with E-state index >= 15 is 0 Å². The van der Waals surface area contributed by atoms with E-state index in [9.17, 15) is 18.1 Å². The topological polar surface area (TPSA) is 29.4 Å². The number of hydrogen-bond acceptors (Lipinski definition) is 3. The highest BCUT2D eigenvalue weighted by Gasteiger charge is 2.27. The summed E-state index contributed by atoms with van der Waals surface area (Å²) in [5.41, 5.74) is 1.51. The standard InChI is InChI=1S/C16H10F3NOS/c17-16(18,19)9-10-1-6-14-12(7-10)8-15(22-14)11-2-4-13(20-21)5-3-11/h1-8H,9H2. The van der Waals surface area contributed by atoms with Crippen molar-refractivity contribution in [3.05, 3.63) is 59.0 Å². The Morgan fingerprint density at radius 3 is 2.36 bits per heavy atom. The predicted molar refractivity (Wildman–Crippen MR) is 82.5 cm³/mol. The van der Waals surface area contributed by atoms with Crippen LogP contribution in [0.2, 0.25) is 0 Å². The van der Waals surface area contributed by atoms with Crippen LogP contribution in [0.5, 0.6) is 0 Å². The fourth-order valence-corrected chi connectivity index (χ4v) is 3.31. The second-order valence-electron chi connectivity index (χ2n) is 4.91. The number of halogens is 3. The van der Waals surface area contributed by atoms with E-state index in [1.54, 1.807) is 36.4 Å². The Kier molecular flexibility index (Phi) is 3.70. The SMILES string of the molecule is O=Nc1ccc(-c2cc3cc(CC(F)(F)F)ccc3s2)cc1. The summed E-state index contributed by atoms with van der Waals surface area (Å²) in [6.07, 6.45) is -5.13. The van der Waals surface area contributed by atoms with Crippen molar-refractivity contribution in [3.63, 3.8) is 0 Å². The van der Waals surface area contributed by atoms with E-state index < -0.39 is 12.6 Å². The van der Waals surface area contributed by atoms with Crippen LogP contribution < -0.4 is 0 Å². The largest absolute Gasteiger partial charge is 0.393 e. The van der Waals surface area contributed by atoms with Gasteiger partial charge >= 0.3 is 6.18 Å². The Bertz CT molecular complexity index is 822. The maximum atomic E-state index is 12.5. The lowest BCUT2D eigenvalue weighted by Crippen LogP contribution is -2.11. The molecule has 2 nitrogen and oxygen atoms in total. The van der Waals surface area contributed by atoms with Gasteiger partial charge in [-0.25, -0.2) is 0 Å². The quantitative estimate of drug-likeness (QED) is 0.538. The minimum absolute atomic E-state index is 0.254. The van der Waals surface area contributed by atoms with E-state index in [0.29, 0.717) is 5.69 Å². The molecule has 0 N–H and O–H groups in total. The fraction of sp³-hybridized carbons (Fsp3) is 0.125. The average Bonchev–Trinajstić information content (AvgIpc) is 2.89. The molecule has 0 saturated heterocycles. The third-order valence-corrected chi connectivity index (χ3v) is 4.41. The number of fused-ring (bicyclic) bond motifs is 1. The van der Waals surface area contributed by atoms with Crippen LogP contribution in [0.15, 0.2) is 53.7 Å². The van der Waals surface area contributed by atoms with Gasteiger partial charge in [0.05, 0.1) is 6.42 Å². The summed E-state index contributed by atoms with van der Waals surface area (Å²) in [7, 11) is 0. The van der Waals surface area contributed by atoms with Crippen molar-refractivity contribution in [3.8, 4) is 10.4 Å². The van der Waals surface area contributed by atoms with Crippen LogP contribution >= 0.6 is 11.3 Å². The van der Waals surface area contributed by atoms with Crippen molar-refractivity contribution in [1.29, 1.82) is 0 Å². The molecule has 0 amide bonds. The molecule has 0 bridgehead atoms. The Morgan fingerprint density at radius 1 is 1.00 bits per heavy atom. The summed E-state index contributed by atoms with van der Waals surface area (Å²) in [5.74, 6) is 0. The van der Waals surface area contributed by atoms with Gasteiger partial charge in [0.15, 0.2) is 0 Å². The molecule has 22 heavy (non-hydrogen) atoms. The molecule has 0 unspecified atom stereocenters. The normalized spacial score (nSPS) is 11.8. The van der Waals surface area contributed by atoms with E-state index in [1.165, 1.54) is 17.4 Å². The van der Waals surface area contributed by atoms with Crippen LogP contribution in [-0.4, -0.2) is 6.18 Å². The first kappa shape index (κ1) is 14.7. The summed E-state index contributed by atoms with van der Waals surface area (Å²) < 4.78 is 38.3. The molecule has 0 spiro atoms. The zero-order valence-corrected chi connectivity index (χ0v) is 12.0. The van der Waals surface area contributed by atoms with Crippen LogP contribution in [0.1, 0.15) is 5.56 Å². The average molecular weight is 321 g/mol. The fourth-order valence-electron chi connectivity index (χ4n) is 2.26. The van der Waals surface area contributed by atoms with Gasteiger partial charge in [0.25, 0.3) is 0 Å². The third-order valence-electron chi connectivity index (χ3n) is 3.24. The summed E-state index contributed by atoms with van der Waals surface area (Å²) in [6, 6.07) is 13.4. The number of thiophene rings is 1. The molecule has 0 saturated carbocycles. The highest BCUT2D eigenvalue weighted by Crippen LogP contribution is 2.35. The lowest BCUT2D eigenvalue weighted by atomic mass is 10.1. The summed E-state index contributed by atoms with van der Waals surface area (Å²) >= 11 is 1.50. The second-order valence-corrected chi connectivity index (χ2v) is 6.00. The van der Waals surface area contributed by atoms with Gasteiger partial charge in [-0.2, -0.15) is 13.2 Å². The molecule has 0 aliphatic heterocycles. The van der Waals surface area contributed by atoms with Crippen LogP contribution in [0.3, 0.4) is 0 Å². The van der Waals surface area contributed by atoms with Gasteiger partial charge in [0.2, 0.25) is 0 Å². The van der Waals surface area contributed by atoms with E-state index in [2.05, 4.69) is 5.18 Å². The van der Waals surface area contributed by atoms with Crippen molar-refractivity contribution < 1.29 is 13.2 Å². The van der Waals surface area contributed by atoms with Crippen LogP contribution in [0.4, 0.5) is 18.9 Å². The molecule has 0 atom stereocenters. The summed E-state index contributed by atoms with van der Waals surface area (Å²) in [4.78, 5) is 11.3. The Morgan fingerprint density at radius 2 is 1.73 bits per heavy atom. The molecular weight excluding hydrogens is 311 g/mol. The summed E-state index contributed by atoms with van der Waals surface area (Å²) in [5, 5.41) is 3.63. The molecule has 112 valence electrons. The van der Waals surface area contributed by atoms with Crippen molar-refractivity contribution in [2.45, 2.75) is 12.6 Å². The van der Waals surface area contributed by atoms with Gasteiger partial charge in [0, 0.05) is 9.58 Å². The monoisotopic (exact) mass is 321 g/mol. The van der Waals surface area contributed by atoms with Crippen molar-refractivity contribution in [2.24, 2.45) is 5.18 Å². The van der Waals surface area contributed by atoms with Crippen LogP contribution in [-0.2, 0) is 6.42 Å². The first-order valence-corrected chi connectivity index (χ1v) is 7.29. The zero-order chi connectivity index (χ0) is 15.7. The Labute approximate surface area is 128 Å². The Balaban J connectivity index is 1.96. The number of rotatable bonds is 3. The molecule has 0 aliphatic rings. The van der Waals surface area contributed by atoms with Crippen molar-refractivity contribution in [2.75, 3.05) is 0 Å². The maximum absolute atomic E-state index is 12.5. The Hall–Kier alpha value is -2.21. The van der Waals surface area contributed by atoms with Crippen LogP contribution in [0, 0.1) is 4.91 Å². The third kappa shape index (κ3) is 3.17. The van der Waals surface area contributed by atoms with Gasteiger partial charge in [-0.15, -0.1) is 16.2 Å².